The standard InChI is InChI=1S/C26H25BrN6O3S/c1-16-6-7-19(18(27)13-16)30-24(35)23-17(2)22-25(37-23)29-15-33(26(22)36)14-21(34)32-11-9-31(10-12-32)20-5-3-4-8-28-20/h3-8,13,15H,9-12,14H2,1-2H3,(H,30,35). The Kier molecular flexibility index (Phi) is 7.07. The molecule has 4 aromatic rings. The van der Waals surface area contributed by atoms with Gasteiger partial charge in [-0.05, 0) is 65.2 Å². The van der Waals surface area contributed by atoms with E-state index >= 15 is 0 Å². The molecule has 0 unspecified atom stereocenters. The van der Waals surface area contributed by atoms with Crippen LogP contribution in [0.25, 0.3) is 10.2 Å². The number of halogens is 1. The number of nitrogens with zero attached hydrogens (tertiary/aromatic N) is 5. The van der Waals surface area contributed by atoms with Crippen LogP contribution in [-0.4, -0.2) is 57.4 Å². The minimum absolute atomic E-state index is 0.0987. The van der Waals surface area contributed by atoms with E-state index in [0.29, 0.717) is 52.5 Å². The van der Waals surface area contributed by atoms with Gasteiger partial charge in [0.05, 0.1) is 22.3 Å². The maximum Gasteiger partial charge on any atom is 0.266 e. The summed E-state index contributed by atoms with van der Waals surface area (Å²) in [6, 6.07) is 11.4. The predicted molar refractivity (Wildman–Crippen MR) is 148 cm³/mol. The monoisotopic (exact) mass is 580 g/mol. The lowest BCUT2D eigenvalue weighted by molar-refractivity contribution is -0.132. The molecule has 3 aromatic heterocycles. The minimum Gasteiger partial charge on any atom is -0.353 e. The van der Waals surface area contributed by atoms with Crippen LogP contribution in [-0.2, 0) is 11.3 Å². The van der Waals surface area contributed by atoms with Gasteiger partial charge in [0, 0.05) is 36.8 Å². The molecule has 0 aliphatic carbocycles. The number of thiophene rings is 1. The van der Waals surface area contributed by atoms with Gasteiger partial charge in [0.15, 0.2) is 0 Å². The summed E-state index contributed by atoms with van der Waals surface area (Å²) >= 11 is 4.64. The third-order valence-corrected chi connectivity index (χ3v) is 8.26. The van der Waals surface area contributed by atoms with E-state index in [-0.39, 0.29) is 23.9 Å². The summed E-state index contributed by atoms with van der Waals surface area (Å²) in [6.07, 6.45) is 3.15. The number of nitrogens with one attached hydrogen (secondary N) is 1. The zero-order chi connectivity index (χ0) is 26.1. The second-order valence-corrected chi connectivity index (χ2v) is 10.8. The zero-order valence-electron chi connectivity index (χ0n) is 20.4. The summed E-state index contributed by atoms with van der Waals surface area (Å²) < 4.78 is 2.10. The Morgan fingerprint density at radius 3 is 2.57 bits per heavy atom. The van der Waals surface area contributed by atoms with E-state index in [4.69, 9.17) is 0 Å². The molecule has 0 saturated carbocycles. The fourth-order valence-corrected chi connectivity index (χ4v) is 5.99. The molecule has 11 heteroatoms. The van der Waals surface area contributed by atoms with E-state index in [1.54, 1.807) is 18.0 Å². The Morgan fingerprint density at radius 1 is 1.08 bits per heavy atom. The van der Waals surface area contributed by atoms with Gasteiger partial charge in [-0.2, -0.15) is 0 Å². The second-order valence-electron chi connectivity index (χ2n) is 8.91. The molecule has 0 radical (unpaired) electrons. The number of aryl methyl sites for hydroxylation is 2. The maximum atomic E-state index is 13.3. The Labute approximate surface area is 225 Å². The summed E-state index contributed by atoms with van der Waals surface area (Å²) in [7, 11) is 0. The van der Waals surface area contributed by atoms with Gasteiger partial charge in [0.2, 0.25) is 5.91 Å². The van der Waals surface area contributed by atoms with Crippen molar-refractivity contribution in [3.63, 3.8) is 0 Å². The molecule has 1 saturated heterocycles. The summed E-state index contributed by atoms with van der Waals surface area (Å²) in [5.41, 5.74) is 1.95. The summed E-state index contributed by atoms with van der Waals surface area (Å²) in [5, 5.41) is 3.27. The smallest absolute Gasteiger partial charge is 0.266 e. The van der Waals surface area contributed by atoms with Gasteiger partial charge in [-0.25, -0.2) is 9.97 Å². The van der Waals surface area contributed by atoms with Crippen LogP contribution in [0.15, 0.2) is 58.2 Å². The SMILES string of the molecule is Cc1ccc(NC(=O)c2sc3ncn(CC(=O)N4CCN(c5ccccn5)CC4)c(=O)c3c2C)c(Br)c1. The van der Waals surface area contributed by atoms with E-state index in [1.165, 1.54) is 22.2 Å². The zero-order valence-corrected chi connectivity index (χ0v) is 22.8. The normalized spacial score (nSPS) is 13.7. The van der Waals surface area contributed by atoms with Crippen LogP contribution in [0.1, 0.15) is 20.8 Å². The van der Waals surface area contributed by atoms with Crippen LogP contribution in [0.3, 0.4) is 0 Å². The number of benzene rings is 1. The van der Waals surface area contributed by atoms with Crippen molar-refractivity contribution in [1.82, 2.24) is 19.4 Å². The van der Waals surface area contributed by atoms with Crippen molar-refractivity contribution in [3.8, 4) is 0 Å². The molecular formula is C26H25BrN6O3S. The molecule has 2 amide bonds. The van der Waals surface area contributed by atoms with Crippen LogP contribution < -0.4 is 15.8 Å². The summed E-state index contributed by atoms with van der Waals surface area (Å²) in [5.74, 6) is 0.444. The highest BCUT2D eigenvalue weighted by Crippen LogP contribution is 2.29. The second kappa shape index (κ2) is 10.4. The molecule has 37 heavy (non-hydrogen) atoms. The molecule has 0 spiro atoms. The number of carbonyl (C=O) groups excluding carboxylic acids is 2. The molecule has 190 valence electrons. The average Bonchev–Trinajstić information content (AvgIpc) is 3.25. The van der Waals surface area contributed by atoms with Crippen LogP contribution >= 0.6 is 27.3 Å². The lowest BCUT2D eigenvalue weighted by Gasteiger charge is -2.35. The number of amides is 2. The minimum atomic E-state index is -0.324. The van der Waals surface area contributed by atoms with Crippen molar-refractivity contribution in [2.75, 3.05) is 36.4 Å². The predicted octanol–water partition coefficient (Wildman–Crippen LogP) is 3.83. The first kappa shape index (κ1) is 25.1. The fourth-order valence-electron chi connectivity index (χ4n) is 4.36. The Hall–Kier alpha value is -3.57. The van der Waals surface area contributed by atoms with Crippen LogP contribution in [0.2, 0.25) is 0 Å². The highest BCUT2D eigenvalue weighted by atomic mass is 79.9. The molecule has 4 heterocycles. The van der Waals surface area contributed by atoms with E-state index in [0.717, 1.165) is 15.9 Å². The lowest BCUT2D eigenvalue weighted by Crippen LogP contribution is -2.50. The molecule has 5 rings (SSSR count). The lowest BCUT2D eigenvalue weighted by atomic mass is 10.2. The molecule has 1 aromatic carbocycles. The van der Waals surface area contributed by atoms with Gasteiger partial charge >= 0.3 is 0 Å². The number of aromatic nitrogens is 3. The number of fused-ring (bicyclic) bond motifs is 1. The topological polar surface area (TPSA) is 100 Å². The number of anilines is 2. The Bertz CT molecular complexity index is 1540. The Morgan fingerprint density at radius 2 is 1.86 bits per heavy atom. The number of hydrogen-bond donors (Lipinski definition) is 1. The molecule has 1 fully saturated rings. The molecule has 0 bridgehead atoms. The number of rotatable bonds is 5. The van der Waals surface area contributed by atoms with Crippen molar-refractivity contribution in [2.24, 2.45) is 0 Å². The van der Waals surface area contributed by atoms with Gasteiger partial charge in [-0.1, -0.05) is 12.1 Å². The van der Waals surface area contributed by atoms with E-state index < -0.39 is 0 Å². The van der Waals surface area contributed by atoms with Crippen LogP contribution in [0, 0.1) is 13.8 Å². The van der Waals surface area contributed by atoms with E-state index in [1.807, 2.05) is 43.3 Å². The quantitative estimate of drug-likeness (QED) is 0.385. The molecule has 1 aliphatic heterocycles. The van der Waals surface area contributed by atoms with Gasteiger partial charge < -0.3 is 15.1 Å². The molecular weight excluding hydrogens is 556 g/mol. The summed E-state index contributed by atoms with van der Waals surface area (Å²) in [6.45, 7) is 6.06. The van der Waals surface area contributed by atoms with Gasteiger partial charge in [0.25, 0.3) is 11.5 Å². The van der Waals surface area contributed by atoms with Gasteiger partial charge in [-0.3, -0.25) is 19.0 Å². The maximum absolute atomic E-state index is 13.3. The number of pyridine rings is 1. The molecule has 1 aliphatic rings. The van der Waals surface area contributed by atoms with Gasteiger partial charge in [-0.15, -0.1) is 11.3 Å². The summed E-state index contributed by atoms with van der Waals surface area (Å²) in [4.78, 5) is 52.9. The molecule has 1 N–H and O–H groups in total. The molecule has 0 atom stereocenters. The fraction of sp³-hybridized carbons (Fsp3) is 0.269. The molecule has 9 nitrogen and oxygen atoms in total. The van der Waals surface area contributed by atoms with Crippen molar-refractivity contribution >= 4 is 60.8 Å². The van der Waals surface area contributed by atoms with Crippen molar-refractivity contribution < 1.29 is 9.59 Å². The number of hydrogen-bond acceptors (Lipinski definition) is 7. The van der Waals surface area contributed by atoms with E-state index in [9.17, 15) is 14.4 Å². The van der Waals surface area contributed by atoms with Crippen molar-refractivity contribution in [2.45, 2.75) is 20.4 Å². The highest BCUT2D eigenvalue weighted by Gasteiger charge is 2.24. The highest BCUT2D eigenvalue weighted by molar-refractivity contribution is 9.10. The number of carbonyl (C=O) groups is 2. The van der Waals surface area contributed by atoms with Crippen molar-refractivity contribution in [3.05, 3.63) is 79.8 Å². The first-order valence-corrected chi connectivity index (χ1v) is 13.4. The van der Waals surface area contributed by atoms with E-state index in [2.05, 4.69) is 36.1 Å². The number of piperazine rings is 1. The third kappa shape index (κ3) is 5.14. The van der Waals surface area contributed by atoms with Crippen LogP contribution in [0.5, 0.6) is 0 Å². The van der Waals surface area contributed by atoms with Crippen LogP contribution in [0.4, 0.5) is 11.5 Å². The largest absolute Gasteiger partial charge is 0.353 e. The first-order chi connectivity index (χ1) is 17.8. The van der Waals surface area contributed by atoms with Gasteiger partial charge in [0.1, 0.15) is 17.2 Å². The average molecular weight is 581 g/mol. The third-order valence-electron chi connectivity index (χ3n) is 6.41. The first-order valence-electron chi connectivity index (χ1n) is 11.8. The van der Waals surface area contributed by atoms with Crippen molar-refractivity contribution in [1.29, 1.82) is 0 Å². The Balaban J connectivity index is 1.30.